The first-order valence-electron chi connectivity index (χ1n) is 19.5. The van der Waals surface area contributed by atoms with Crippen molar-refractivity contribution < 1.29 is 9.47 Å². The van der Waals surface area contributed by atoms with Crippen LogP contribution >= 0.6 is 0 Å². The van der Waals surface area contributed by atoms with E-state index in [1.165, 1.54) is 205 Å². The van der Waals surface area contributed by atoms with Gasteiger partial charge in [-0.3, -0.25) is 0 Å². The molecule has 0 N–H and O–H groups in total. The molecular formula is C39H79O2. The topological polar surface area (TPSA) is 18.5 Å². The monoisotopic (exact) mass is 580 g/mol. The molecule has 0 saturated heterocycles. The fourth-order valence-electron chi connectivity index (χ4n) is 5.92. The predicted molar refractivity (Wildman–Crippen MR) is 185 cm³/mol. The predicted octanol–water partition coefficient (Wildman–Crippen LogP) is 14.4. The van der Waals surface area contributed by atoms with Gasteiger partial charge in [0.15, 0.2) is 0 Å². The van der Waals surface area contributed by atoms with Gasteiger partial charge in [0.1, 0.15) is 0 Å². The molecule has 0 aliphatic carbocycles. The van der Waals surface area contributed by atoms with Gasteiger partial charge in [-0.1, -0.05) is 213 Å². The number of hydrogen-bond acceptors (Lipinski definition) is 2. The molecular weight excluding hydrogens is 500 g/mol. The lowest BCUT2D eigenvalue weighted by Crippen LogP contribution is -2.09. The summed E-state index contributed by atoms with van der Waals surface area (Å²) in [5.74, 6) is 0. The highest BCUT2D eigenvalue weighted by Crippen LogP contribution is 2.17. The lowest BCUT2D eigenvalue weighted by Gasteiger charge is -2.15. The van der Waals surface area contributed by atoms with Crippen molar-refractivity contribution in [1.82, 2.24) is 0 Å². The Morgan fingerprint density at radius 1 is 0.268 bits per heavy atom. The Labute approximate surface area is 261 Å². The number of ether oxygens (including phenoxy) is 2. The van der Waals surface area contributed by atoms with E-state index in [9.17, 15) is 0 Å². The van der Waals surface area contributed by atoms with E-state index in [2.05, 4.69) is 20.8 Å². The molecule has 0 bridgehead atoms. The van der Waals surface area contributed by atoms with Gasteiger partial charge in [0.25, 0.3) is 0 Å². The molecule has 0 aromatic rings. The fourth-order valence-corrected chi connectivity index (χ4v) is 5.92. The van der Waals surface area contributed by atoms with E-state index >= 15 is 0 Å². The third kappa shape index (κ3) is 36.0. The highest BCUT2D eigenvalue weighted by atomic mass is 16.7. The van der Waals surface area contributed by atoms with Crippen LogP contribution in [0.5, 0.6) is 0 Å². The minimum atomic E-state index is 0.834. The van der Waals surface area contributed by atoms with Gasteiger partial charge in [0.05, 0.1) is 13.2 Å². The first-order chi connectivity index (χ1) is 20.3. The van der Waals surface area contributed by atoms with E-state index in [1.807, 2.05) is 0 Å². The summed E-state index contributed by atoms with van der Waals surface area (Å²) in [6.07, 6.45) is 46.9. The van der Waals surface area contributed by atoms with Crippen molar-refractivity contribution in [3.63, 3.8) is 0 Å². The molecule has 2 heteroatoms. The van der Waals surface area contributed by atoms with Crippen molar-refractivity contribution in [3.05, 3.63) is 6.29 Å². The van der Waals surface area contributed by atoms with E-state index in [4.69, 9.17) is 9.47 Å². The molecule has 0 aliphatic rings. The van der Waals surface area contributed by atoms with Crippen molar-refractivity contribution in [2.24, 2.45) is 0 Å². The summed E-state index contributed by atoms with van der Waals surface area (Å²) in [5, 5.41) is 0. The minimum Gasteiger partial charge on any atom is -0.345 e. The molecule has 1 radical (unpaired) electrons. The van der Waals surface area contributed by atoms with E-state index in [-0.39, 0.29) is 0 Å². The zero-order chi connectivity index (χ0) is 29.7. The third-order valence-corrected chi connectivity index (χ3v) is 8.81. The van der Waals surface area contributed by atoms with Gasteiger partial charge in [-0.15, -0.1) is 0 Å². The molecule has 0 atom stereocenters. The van der Waals surface area contributed by atoms with Gasteiger partial charge in [-0.25, -0.2) is 0 Å². The van der Waals surface area contributed by atoms with Crippen LogP contribution in [0.1, 0.15) is 233 Å². The van der Waals surface area contributed by atoms with Crippen molar-refractivity contribution in [1.29, 1.82) is 0 Å². The molecule has 2 nitrogen and oxygen atoms in total. The van der Waals surface area contributed by atoms with Crippen molar-refractivity contribution in [2.75, 3.05) is 13.2 Å². The molecule has 0 aromatic heterocycles. The zero-order valence-corrected chi connectivity index (χ0v) is 29.1. The van der Waals surface area contributed by atoms with Crippen LogP contribution in [0.4, 0.5) is 0 Å². The van der Waals surface area contributed by atoms with Crippen LogP contribution < -0.4 is 0 Å². The Bertz CT molecular complexity index is 399. The van der Waals surface area contributed by atoms with Crippen LogP contribution in [0, 0.1) is 6.29 Å². The standard InChI is InChI=1S/C39H79O2/c1-4-7-9-11-13-15-17-19-21-23-25-27-29-31-33-35-37-40-39(6-3)41-38-36-34-32-30-28-26-24-22-20-18-16-14-12-10-8-5-2/h4-38H2,1-3H3. The zero-order valence-electron chi connectivity index (χ0n) is 29.1. The molecule has 0 fully saturated rings. The molecule has 0 amide bonds. The second-order valence-corrected chi connectivity index (χ2v) is 13.0. The Balaban J connectivity index is 3.24. The van der Waals surface area contributed by atoms with Crippen molar-refractivity contribution in [3.8, 4) is 0 Å². The largest absolute Gasteiger partial charge is 0.345 e. The molecule has 0 aliphatic heterocycles. The molecule has 0 aromatic carbocycles. The summed E-state index contributed by atoms with van der Waals surface area (Å²) < 4.78 is 11.9. The van der Waals surface area contributed by atoms with Crippen molar-refractivity contribution in [2.45, 2.75) is 233 Å². The van der Waals surface area contributed by atoms with Crippen molar-refractivity contribution >= 4 is 0 Å². The van der Waals surface area contributed by atoms with E-state index in [0.29, 0.717) is 0 Å². The summed E-state index contributed by atoms with van der Waals surface area (Å²) >= 11 is 0. The normalized spacial score (nSPS) is 11.7. The lowest BCUT2D eigenvalue weighted by atomic mass is 10.0. The van der Waals surface area contributed by atoms with Crippen LogP contribution in [0.2, 0.25) is 0 Å². The highest BCUT2D eigenvalue weighted by molar-refractivity contribution is 4.62. The minimum absolute atomic E-state index is 0.834. The Hall–Kier alpha value is -0.0800. The molecule has 0 rings (SSSR count). The molecule has 0 unspecified atom stereocenters. The molecule has 0 saturated carbocycles. The Morgan fingerprint density at radius 2 is 0.463 bits per heavy atom. The lowest BCUT2D eigenvalue weighted by molar-refractivity contribution is -0.0507. The Kier molecular flexibility index (Phi) is 37.9. The maximum Gasteiger partial charge on any atom is 0.223 e. The second kappa shape index (κ2) is 37.9. The van der Waals surface area contributed by atoms with Gasteiger partial charge in [0.2, 0.25) is 6.29 Å². The van der Waals surface area contributed by atoms with E-state index in [0.717, 1.165) is 25.9 Å². The smallest absolute Gasteiger partial charge is 0.223 e. The number of unbranched alkanes of at least 4 members (excludes halogenated alkanes) is 30. The van der Waals surface area contributed by atoms with Crippen LogP contribution in [0.25, 0.3) is 0 Å². The van der Waals surface area contributed by atoms with E-state index in [1.54, 1.807) is 0 Å². The maximum absolute atomic E-state index is 5.93. The summed E-state index contributed by atoms with van der Waals surface area (Å²) in [5.41, 5.74) is 0. The average Bonchev–Trinajstić information content (AvgIpc) is 2.99. The number of rotatable bonds is 37. The van der Waals surface area contributed by atoms with Gasteiger partial charge in [0, 0.05) is 6.42 Å². The van der Waals surface area contributed by atoms with Gasteiger partial charge >= 0.3 is 0 Å². The third-order valence-electron chi connectivity index (χ3n) is 8.81. The molecule has 41 heavy (non-hydrogen) atoms. The summed E-state index contributed by atoms with van der Waals surface area (Å²) in [6.45, 7) is 8.42. The highest BCUT2D eigenvalue weighted by Gasteiger charge is 2.08. The second-order valence-electron chi connectivity index (χ2n) is 13.0. The molecule has 0 heterocycles. The fraction of sp³-hybridized carbons (Fsp3) is 0.974. The van der Waals surface area contributed by atoms with Gasteiger partial charge in [-0.2, -0.15) is 0 Å². The average molecular weight is 580 g/mol. The maximum atomic E-state index is 5.93. The molecule has 0 spiro atoms. The quantitative estimate of drug-likeness (QED) is 0.0681. The van der Waals surface area contributed by atoms with Gasteiger partial charge < -0.3 is 9.47 Å². The van der Waals surface area contributed by atoms with Crippen LogP contribution in [-0.4, -0.2) is 13.2 Å². The van der Waals surface area contributed by atoms with Crippen LogP contribution in [0.15, 0.2) is 0 Å². The van der Waals surface area contributed by atoms with Crippen LogP contribution in [-0.2, 0) is 9.47 Å². The number of hydrogen-bond donors (Lipinski definition) is 0. The van der Waals surface area contributed by atoms with Crippen LogP contribution in [0.3, 0.4) is 0 Å². The van der Waals surface area contributed by atoms with E-state index < -0.39 is 0 Å². The SMILES string of the molecule is CCCCCCCCCCCCCCCCCCO[C](CC)OCCCCCCCCCCCCCCCCCC. The Morgan fingerprint density at radius 3 is 0.659 bits per heavy atom. The van der Waals surface area contributed by atoms with Gasteiger partial charge in [-0.05, 0) is 12.8 Å². The summed E-state index contributed by atoms with van der Waals surface area (Å²) in [7, 11) is 0. The summed E-state index contributed by atoms with van der Waals surface area (Å²) in [6, 6.07) is 0. The first kappa shape index (κ1) is 40.9. The first-order valence-corrected chi connectivity index (χ1v) is 19.5. The summed E-state index contributed by atoms with van der Waals surface area (Å²) in [4.78, 5) is 0. The molecule has 247 valence electrons.